The van der Waals surface area contributed by atoms with E-state index in [0.29, 0.717) is 0 Å². The lowest BCUT2D eigenvalue weighted by Crippen LogP contribution is -2.14. The zero-order chi connectivity index (χ0) is 13.0. The summed E-state index contributed by atoms with van der Waals surface area (Å²) in [5.74, 6) is -1.98. The number of carbonyl (C=O) groups is 1. The van der Waals surface area contributed by atoms with Crippen molar-refractivity contribution >= 4 is 5.97 Å². The first-order valence-electron chi connectivity index (χ1n) is 5.00. The monoisotopic (exact) mass is 243 g/mol. The van der Waals surface area contributed by atoms with Crippen LogP contribution in [0.15, 0.2) is 12.1 Å². The summed E-state index contributed by atoms with van der Waals surface area (Å²) in [6.07, 6.45) is -0.162. The van der Waals surface area contributed by atoms with Gasteiger partial charge in [0.25, 0.3) is 0 Å². The van der Waals surface area contributed by atoms with E-state index in [2.05, 4.69) is 0 Å². The Balaban J connectivity index is 2.99. The predicted octanol–water partition coefficient (Wildman–Crippen LogP) is 1.40. The van der Waals surface area contributed by atoms with Gasteiger partial charge in [-0.05, 0) is 18.6 Å². The summed E-state index contributed by atoms with van der Waals surface area (Å²) in [4.78, 5) is 10.4. The Hall–Kier alpha value is -1.82. The van der Waals surface area contributed by atoms with E-state index < -0.39 is 17.8 Å². The van der Waals surface area contributed by atoms with E-state index >= 15 is 0 Å². The van der Waals surface area contributed by atoms with E-state index in [0.717, 1.165) is 6.07 Å². The molecule has 0 aliphatic heterocycles. The van der Waals surface area contributed by atoms with Crippen molar-refractivity contribution in [1.82, 2.24) is 0 Å². The Morgan fingerprint density at radius 3 is 2.76 bits per heavy atom. The summed E-state index contributed by atoms with van der Waals surface area (Å²) in [6.45, 7) is 0. The van der Waals surface area contributed by atoms with Crippen molar-refractivity contribution in [2.75, 3.05) is 7.11 Å². The van der Waals surface area contributed by atoms with Gasteiger partial charge in [-0.3, -0.25) is 4.79 Å². The van der Waals surface area contributed by atoms with E-state index in [9.17, 15) is 14.3 Å². The largest absolute Gasteiger partial charge is 0.504 e. The molecule has 0 aliphatic rings. The first-order valence-corrected chi connectivity index (χ1v) is 5.00. The lowest BCUT2D eigenvalue weighted by atomic mass is 10.0. The predicted molar refractivity (Wildman–Crippen MR) is 58.4 cm³/mol. The van der Waals surface area contributed by atoms with Crippen LogP contribution in [-0.4, -0.2) is 23.3 Å². The number of hydrogen-bond acceptors (Lipinski definition) is 4. The summed E-state index contributed by atoms with van der Waals surface area (Å²) in [7, 11) is 1.33. The van der Waals surface area contributed by atoms with E-state index in [1.54, 1.807) is 0 Å². The molecule has 0 spiro atoms. The Kier molecular flexibility index (Phi) is 4.28. The van der Waals surface area contributed by atoms with Crippen LogP contribution < -0.4 is 10.5 Å². The molecule has 0 heterocycles. The maximum absolute atomic E-state index is 13.5. The second kappa shape index (κ2) is 5.49. The number of carboxylic acids is 1. The highest BCUT2D eigenvalue weighted by Crippen LogP contribution is 2.36. The van der Waals surface area contributed by atoms with E-state index in [-0.39, 0.29) is 29.9 Å². The van der Waals surface area contributed by atoms with Crippen LogP contribution >= 0.6 is 0 Å². The van der Waals surface area contributed by atoms with Crippen molar-refractivity contribution in [3.63, 3.8) is 0 Å². The molecule has 17 heavy (non-hydrogen) atoms. The number of ether oxygens (including phenoxy) is 1. The number of carboxylic acid groups (broad SMARTS) is 1. The molecule has 0 fully saturated rings. The van der Waals surface area contributed by atoms with Gasteiger partial charge in [0, 0.05) is 12.5 Å². The maximum atomic E-state index is 13.5. The summed E-state index contributed by atoms with van der Waals surface area (Å²) < 4.78 is 18.3. The number of hydrogen-bond donors (Lipinski definition) is 3. The fourth-order valence-electron chi connectivity index (χ4n) is 1.50. The molecule has 1 aromatic rings. The molecule has 0 saturated carbocycles. The Morgan fingerprint density at radius 2 is 2.24 bits per heavy atom. The molecular formula is C11H14FNO4. The summed E-state index contributed by atoms with van der Waals surface area (Å²) in [6, 6.07) is 1.51. The van der Waals surface area contributed by atoms with Crippen molar-refractivity contribution in [2.45, 2.75) is 18.9 Å². The van der Waals surface area contributed by atoms with Crippen LogP contribution in [0.25, 0.3) is 0 Å². The second-order valence-electron chi connectivity index (χ2n) is 3.55. The highest BCUT2D eigenvalue weighted by molar-refractivity contribution is 5.66. The van der Waals surface area contributed by atoms with E-state index in [1.165, 1.54) is 13.2 Å². The molecule has 1 atom stereocenters. The van der Waals surface area contributed by atoms with Gasteiger partial charge in [-0.15, -0.1) is 0 Å². The van der Waals surface area contributed by atoms with Gasteiger partial charge in [0.1, 0.15) is 5.82 Å². The average Bonchev–Trinajstić information content (AvgIpc) is 2.26. The normalized spacial score (nSPS) is 12.2. The van der Waals surface area contributed by atoms with E-state index in [1.807, 2.05) is 0 Å². The quantitative estimate of drug-likeness (QED) is 0.727. The second-order valence-corrected chi connectivity index (χ2v) is 3.55. The molecule has 0 radical (unpaired) electrons. The van der Waals surface area contributed by atoms with Crippen molar-refractivity contribution in [3.8, 4) is 11.5 Å². The number of rotatable bonds is 5. The zero-order valence-corrected chi connectivity index (χ0v) is 9.31. The first-order chi connectivity index (χ1) is 7.97. The van der Waals surface area contributed by atoms with Crippen LogP contribution in [-0.2, 0) is 4.79 Å². The molecule has 4 N–H and O–H groups in total. The minimum atomic E-state index is -1.02. The SMILES string of the molecule is COc1ccc(F)c(C(N)CCC(=O)O)c1O. The Bertz CT molecular complexity index is 422. The standard InChI is InChI=1S/C11H14FNO4/c1-17-8-4-2-6(12)10(11(8)16)7(13)3-5-9(14)15/h2,4,7,16H,3,5,13H2,1H3,(H,14,15). The summed E-state index contributed by atoms with van der Waals surface area (Å²) >= 11 is 0. The van der Waals surface area contributed by atoms with Gasteiger partial charge >= 0.3 is 5.97 Å². The van der Waals surface area contributed by atoms with Crippen molar-refractivity contribution in [1.29, 1.82) is 0 Å². The molecule has 94 valence electrons. The molecule has 0 aromatic heterocycles. The van der Waals surface area contributed by atoms with Gasteiger partial charge in [-0.2, -0.15) is 0 Å². The van der Waals surface area contributed by atoms with Crippen LogP contribution in [0.4, 0.5) is 4.39 Å². The number of aliphatic carboxylic acids is 1. The molecule has 0 aliphatic carbocycles. The number of phenols is 1. The number of halogens is 1. The molecule has 1 rings (SSSR count). The van der Waals surface area contributed by atoms with Gasteiger partial charge in [0.15, 0.2) is 11.5 Å². The highest BCUT2D eigenvalue weighted by Gasteiger charge is 2.20. The summed E-state index contributed by atoms with van der Waals surface area (Å²) in [5, 5.41) is 18.2. The third kappa shape index (κ3) is 3.07. The van der Waals surface area contributed by atoms with Crippen molar-refractivity contribution < 1.29 is 24.1 Å². The van der Waals surface area contributed by atoms with Crippen molar-refractivity contribution in [2.24, 2.45) is 5.73 Å². The molecule has 0 saturated heterocycles. The highest BCUT2D eigenvalue weighted by atomic mass is 19.1. The van der Waals surface area contributed by atoms with Crippen LogP contribution in [0, 0.1) is 5.82 Å². The Morgan fingerprint density at radius 1 is 1.59 bits per heavy atom. The first kappa shape index (κ1) is 13.2. The van der Waals surface area contributed by atoms with Gasteiger partial charge in [0.05, 0.1) is 12.7 Å². The number of phenolic OH excluding ortho intramolecular Hbond substituents is 1. The fourth-order valence-corrected chi connectivity index (χ4v) is 1.50. The zero-order valence-electron chi connectivity index (χ0n) is 9.31. The molecule has 0 amide bonds. The Labute approximate surface area is 97.6 Å². The lowest BCUT2D eigenvalue weighted by Gasteiger charge is -2.15. The fraction of sp³-hybridized carbons (Fsp3) is 0.364. The molecular weight excluding hydrogens is 229 g/mol. The smallest absolute Gasteiger partial charge is 0.303 e. The summed E-state index contributed by atoms with van der Waals surface area (Å²) in [5.41, 5.74) is 5.53. The third-order valence-corrected chi connectivity index (χ3v) is 2.39. The van der Waals surface area contributed by atoms with Crippen LogP contribution in [0.5, 0.6) is 11.5 Å². The molecule has 6 heteroatoms. The minimum Gasteiger partial charge on any atom is -0.504 e. The minimum absolute atomic E-state index is 0.0347. The maximum Gasteiger partial charge on any atom is 0.303 e. The molecule has 0 bridgehead atoms. The third-order valence-electron chi connectivity index (χ3n) is 2.39. The van der Waals surface area contributed by atoms with Gasteiger partial charge in [-0.1, -0.05) is 0 Å². The van der Waals surface area contributed by atoms with E-state index in [4.69, 9.17) is 15.6 Å². The lowest BCUT2D eigenvalue weighted by molar-refractivity contribution is -0.137. The number of benzene rings is 1. The van der Waals surface area contributed by atoms with Gasteiger partial charge in [0.2, 0.25) is 0 Å². The molecule has 1 unspecified atom stereocenters. The van der Waals surface area contributed by atoms with Crippen LogP contribution in [0.1, 0.15) is 24.4 Å². The number of methoxy groups -OCH3 is 1. The van der Waals surface area contributed by atoms with Crippen LogP contribution in [0.3, 0.4) is 0 Å². The topological polar surface area (TPSA) is 92.8 Å². The number of nitrogens with two attached hydrogens (primary N) is 1. The average molecular weight is 243 g/mol. The van der Waals surface area contributed by atoms with Crippen molar-refractivity contribution in [3.05, 3.63) is 23.5 Å². The van der Waals surface area contributed by atoms with Crippen LogP contribution in [0.2, 0.25) is 0 Å². The van der Waals surface area contributed by atoms with Gasteiger partial charge < -0.3 is 20.7 Å². The molecule has 5 nitrogen and oxygen atoms in total. The number of aromatic hydroxyl groups is 1. The van der Waals surface area contributed by atoms with Gasteiger partial charge in [-0.25, -0.2) is 4.39 Å². The molecule has 1 aromatic carbocycles.